The van der Waals surface area contributed by atoms with Gasteiger partial charge in [0.15, 0.2) is 11.5 Å². The van der Waals surface area contributed by atoms with Gasteiger partial charge in [-0.25, -0.2) is 5.01 Å². The molecular weight excluding hydrogens is 380 g/mol. The molecule has 2 amide bonds. The average Bonchev–Trinajstić information content (AvgIpc) is 2.97. The highest BCUT2D eigenvalue weighted by Gasteiger charge is 2.34. The maximum Gasteiger partial charge on any atom is 0.282 e. The summed E-state index contributed by atoms with van der Waals surface area (Å²) in [4.78, 5) is 25.1. The summed E-state index contributed by atoms with van der Waals surface area (Å²) in [5, 5.41) is 1.67. The van der Waals surface area contributed by atoms with Crippen molar-refractivity contribution in [3.8, 4) is 23.8 Å². The molecule has 1 saturated heterocycles. The quantitative estimate of drug-likeness (QED) is 0.479. The predicted octanol–water partition coefficient (Wildman–Crippen LogP) is 3.13. The first-order chi connectivity index (χ1) is 13.4. The summed E-state index contributed by atoms with van der Waals surface area (Å²) in [7, 11) is 1.49. The van der Waals surface area contributed by atoms with Crippen LogP contribution in [0.3, 0.4) is 0 Å². The Balaban J connectivity index is 1.90. The van der Waals surface area contributed by atoms with Crippen molar-refractivity contribution in [1.82, 2.24) is 5.43 Å². The molecule has 0 spiro atoms. The van der Waals surface area contributed by atoms with Crippen LogP contribution in [0, 0.1) is 19.3 Å². The van der Waals surface area contributed by atoms with Crippen LogP contribution in [0.4, 0.5) is 5.69 Å². The lowest BCUT2D eigenvalue weighted by Gasteiger charge is -2.15. The summed E-state index contributed by atoms with van der Waals surface area (Å²) < 4.78 is 10.7. The van der Waals surface area contributed by atoms with Gasteiger partial charge in [-0.3, -0.25) is 15.0 Å². The molecule has 2 aromatic rings. The lowest BCUT2D eigenvalue weighted by molar-refractivity contribution is -0.117. The molecule has 1 aliphatic heterocycles. The number of terminal acetylenes is 1. The second-order valence-corrected chi connectivity index (χ2v) is 6.38. The second kappa shape index (κ2) is 8.07. The minimum Gasteiger partial charge on any atom is -0.493 e. The number of nitrogens with one attached hydrogen (secondary N) is 1. The van der Waals surface area contributed by atoms with Gasteiger partial charge in [0.2, 0.25) is 0 Å². The van der Waals surface area contributed by atoms with Gasteiger partial charge in [-0.05, 0) is 48.4 Å². The Kier molecular flexibility index (Phi) is 5.57. The second-order valence-electron chi connectivity index (χ2n) is 5.98. The highest BCUT2D eigenvalue weighted by atomic mass is 35.5. The van der Waals surface area contributed by atoms with Gasteiger partial charge in [0.25, 0.3) is 11.8 Å². The van der Waals surface area contributed by atoms with Gasteiger partial charge in [-0.2, -0.15) is 0 Å². The monoisotopic (exact) mass is 396 g/mol. The van der Waals surface area contributed by atoms with Crippen molar-refractivity contribution in [2.45, 2.75) is 6.92 Å². The number of anilines is 1. The third-order valence-corrected chi connectivity index (χ3v) is 4.52. The summed E-state index contributed by atoms with van der Waals surface area (Å²) in [5.74, 6) is 2.31. The first-order valence-corrected chi connectivity index (χ1v) is 8.70. The number of ether oxygens (including phenoxy) is 2. The lowest BCUT2D eigenvalue weighted by Crippen LogP contribution is -2.35. The molecule has 0 unspecified atom stereocenters. The molecule has 0 aliphatic carbocycles. The molecule has 1 fully saturated rings. The minimum atomic E-state index is -0.506. The molecule has 0 saturated carbocycles. The van der Waals surface area contributed by atoms with Gasteiger partial charge in [-0.15, -0.1) is 6.42 Å². The van der Waals surface area contributed by atoms with E-state index in [0.717, 1.165) is 5.56 Å². The van der Waals surface area contributed by atoms with Gasteiger partial charge in [0.1, 0.15) is 12.2 Å². The molecule has 0 bridgehead atoms. The van der Waals surface area contributed by atoms with E-state index in [1.165, 1.54) is 18.2 Å². The van der Waals surface area contributed by atoms with Crippen LogP contribution in [0.2, 0.25) is 5.02 Å². The van der Waals surface area contributed by atoms with E-state index in [2.05, 4.69) is 11.3 Å². The summed E-state index contributed by atoms with van der Waals surface area (Å²) in [6.45, 7) is 1.96. The van der Waals surface area contributed by atoms with E-state index < -0.39 is 11.8 Å². The Morgan fingerprint density at radius 3 is 2.68 bits per heavy atom. The van der Waals surface area contributed by atoms with Crippen molar-refractivity contribution in [2.75, 3.05) is 18.7 Å². The van der Waals surface area contributed by atoms with Gasteiger partial charge < -0.3 is 9.47 Å². The molecule has 1 aliphatic rings. The van der Waals surface area contributed by atoms with E-state index in [-0.39, 0.29) is 12.2 Å². The number of methoxy groups -OCH3 is 1. The number of nitrogens with zero attached hydrogens (tertiary/aromatic N) is 1. The van der Waals surface area contributed by atoms with E-state index in [0.29, 0.717) is 27.8 Å². The van der Waals surface area contributed by atoms with E-state index >= 15 is 0 Å². The first kappa shape index (κ1) is 19.3. The van der Waals surface area contributed by atoms with Crippen LogP contribution in [-0.2, 0) is 9.59 Å². The summed E-state index contributed by atoms with van der Waals surface area (Å²) in [5.41, 5.74) is 4.50. The van der Waals surface area contributed by atoms with Gasteiger partial charge in [-0.1, -0.05) is 29.7 Å². The van der Waals surface area contributed by atoms with Crippen LogP contribution in [-0.4, -0.2) is 25.5 Å². The van der Waals surface area contributed by atoms with E-state index in [1.807, 2.05) is 6.92 Å². The number of carbonyl (C=O) groups is 2. The zero-order valence-electron chi connectivity index (χ0n) is 15.3. The largest absolute Gasteiger partial charge is 0.493 e. The van der Waals surface area contributed by atoms with Crippen LogP contribution in [0.25, 0.3) is 6.08 Å². The fraction of sp³-hybridized carbons (Fsp3) is 0.143. The molecule has 0 radical (unpaired) electrons. The van der Waals surface area contributed by atoms with Crippen LogP contribution < -0.4 is 19.9 Å². The molecule has 1 N–H and O–H groups in total. The number of halogens is 1. The van der Waals surface area contributed by atoms with Gasteiger partial charge >= 0.3 is 0 Å². The van der Waals surface area contributed by atoms with Crippen LogP contribution in [0.1, 0.15) is 11.1 Å². The van der Waals surface area contributed by atoms with E-state index in [9.17, 15) is 9.59 Å². The standard InChI is InChI=1S/C21H17ClN2O4/c1-4-9-28-18-8-6-14(11-19(18)27-3)10-16-20(25)23-24(21(16)26)15-7-5-13(2)17(22)12-15/h1,5-8,10-12H,9H2,2-3H3,(H,23,25). The lowest BCUT2D eigenvalue weighted by atomic mass is 10.1. The molecule has 0 atom stereocenters. The molecule has 2 aromatic carbocycles. The first-order valence-electron chi connectivity index (χ1n) is 8.32. The highest BCUT2D eigenvalue weighted by molar-refractivity contribution is 6.33. The number of hydrogen-bond acceptors (Lipinski definition) is 4. The topological polar surface area (TPSA) is 67.9 Å². The third kappa shape index (κ3) is 3.80. The summed E-state index contributed by atoms with van der Waals surface area (Å²) in [6.07, 6.45) is 6.68. The highest BCUT2D eigenvalue weighted by Crippen LogP contribution is 2.30. The summed E-state index contributed by atoms with van der Waals surface area (Å²) >= 11 is 6.12. The SMILES string of the molecule is C#CCOc1ccc(C=C2C(=O)NN(c3ccc(C)c(Cl)c3)C2=O)cc1OC. The fourth-order valence-electron chi connectivity index (χ4n) is 2.64. The molecule has 28 heavy (non-hydrogen) atoms. The van der Waals surface area contributed by atoms with Crippen LogP contribution >= 0.6 is 11.6 Å². The smallest absolute Gasteiger partial charge is 0.282 e. The maximum atomic E-state index is 12.7. The van der Waals surface area contributed by atoms with Crippen LogP contribution in [0.15, 0.2) is 42.0 Å². The van der Waals surface area contributed by atoms with Crippen molar-refractivity contribution in [3.63, 3.8) is 0 Å². The molecule has 3 rings (SSSR count). The van der Waals surface area contributed by atoms with Crippen LogP contribution in [0.5, 0.6) is 11.5 Å². The summed E-state index contributed by atoms with van der Waals surface area (Å²) in [6, 6.07) is 10.1. The normalized spacial score (nSPS) is 14.8. The molecule has 142 valence electrons. The Bertz CT molecular complexity index is 1020. The Morgan fingerprint density at radius 1 is 1.21 bits per heavy atom. The van der Waals surface area contributed by atoms with Gasteiger partial charge in [0.05, 0.1) is 12.8 Å². The number of benzene rings is 2. The maximum absolute atomic E-state index is 12.7. The van der Waals surface area contributed by atoms with E-state index in [4.69, 9.17) is 27.5 Å². The van der Waals surface area contributed by atoms with E-state index in [1.54, 1.807) is 36.4 Å². The fourth-order valence-corrected chi connectivity index (χ4v) is 2.81. The predicted molar refractivity (Wildman–Crippen MR) is 107 cm³/mol. The Labute approximate surface area is 167 Å². The molecule has 7 heteroatoms. The Hall–Kier alpha value is -3.43. The number of aryl methyl sites for hydroxylation is 1. The molecule has 0 aromatic heterocycles. The van der Waals surface area contributed by atoms with Crippen molar-refractivity contribution in [2.24, 2.45) is 0 Å². The minimum absolute atomic E-state index is 0.00366. The molecule has 1 heterocycles. The number of carbonyl (C=O) groups excluding carboxylic acids is 2. The van der Waals surface area contributed by atoms with Crippen molar-refractivity contribution in [3.05, 3.63) is 58.1 Å². The average molecular weight is 397 g/mol. The van der Waals surface area contributed by atoms with Crippen molar-refractivity contribution >= 4 is 35.2 Å². The third-order valence-electron chi connectivity index (χ3n) is 4.11. The Morgan fingerprint density at radius 2 is 2.00 bits per heavy atom. The number of hydrazine groups is 1. The molecule has 6 nitrogen and oxygen atoms in total. The molecular formula is C21H17ClN2O4. The van der Waals surface area contributed by atoms with Gasteiger partial charge in [0, 0.05) is 5.02 Å². The zero-order valence-corrected chi connectivity index (χ0v) is 16.0. The van der Waals surface area contributed by atoms with Crippen molar-refractivity contribution in [1.29, 1.82) is 0 Å². The van der Waals surface area contributed by atoms with Crippen molar-refractivity contribution < 1.29 is 19.1 Å². The number of hydrogen-bond donors (Lipinski definition) is 1. The number of amides is 2. The number of rotatable bonds is 5. The zero-order chi connectivity index (χ0) is 20.3.